The maximum atomic E-state index is 6.24. The highest BCUT2D eigenvalue weighted by atomic mass is 35.5. The van der Waals surface area contributed by atoms with E-state index in [-0.39, 0.29) is 0 Å². The molecule has 4 rings (SSSR count). The Bertz CT molecular complexity index is 927. The van der Waals surface area contributed by atoms with E-state index in [1.807, 2.05) is 30.3 Å². The van der Waals surface area contributed by atoms with Crippen LogP contribution in [0, 0.1) is 0 Å². The number of nitrogens with one attached hydrogen (secondary N) is 1. The lowest BCUT2D eigenvalue weighted by Crippen LogP contribution is -1.98. The Morgan fingerprint density at radius 2 is 2.00 bits per heavy atom. The molecule has 0 spiro atoms. The summed E-state index contributed by atoms with van der Waals surface area (Å²) in [7, 11) is 0. The van der Waals surface area contributed by atoms with Crippen molar-refractivity contribution in [3.8, 4) is 11.4 Å². The monoisotopic (exact) mass is 309 g/mol. The molecule has 2 aromatic heterocycles. The molecule has 0 bridgehead atoms. The molecule has 0 saturated carbocycles. The van der Waals surface area contributed by atoms with Gasteiger partial charge >= 0.3 is 0 Å². The molecule has 22 heavy (non-hydrogen) atoms. The van der Waals surface area contributed by atoms with Crippen molar-refractivity contribution in [1.29, 1.82) is 0 Å². The van der Waals surface area contributed by atoms with Crippen molar-refractivity contribution >= 4 is 22.5 Å². The van der Waals surface area contributed by atoms with Crippen molar-refractivity contribution in [3.63, 3.8) is 0 Å². The number of halogens is 1. The van der Waals surface area contributed by atoms with E-state index >= 15 is 0 Å². The first kappa shape index (κ1) is 13.0. The molecule has 6 heteroatoms. The minimum Gasteiger partial charge on any atom is -0.343 e. The maximum absolute atomic E-state index is 6.24. The van der Waals surface area contributed by atoms with Gasteiger partial charge in [-0.3, -0.25) is 0 Å². The van der Waals surface area contributed by atoms with Gasteiger partial charge in [0.15, 0.2) is 0 Å². The fourth-order valence-corrected chi connectivity index (χ4v) is 2.77. The van der Waals surface area contributed by atoms with Gasteiger partial charge in [-0.1, -0.05) is 29.8 Å². The van der Waals surface area contributed by atoms with E-state index in [1.165, 1.54) is 0 Å². The van der Waals surface area contributed by atoms with Crippen LogP contribution < -0.4 is 0 Å². The summed E-state index contributed by atoms with van der Waals surface area (Å²) in [6.45, 7) is 0.741. The van der Waals surface area contributed by atoms with Gasteiger partial charge in [0.2, 0.25) is 5.82 Å². The van der Waals surface area contributed by atoms with Gasteiger partial charge in [0.25, 0.3) is 0 Å². The second kappa shape index (κ2) is 5.27. The molecule has 0 saturated heterocycles. The topological polar surface area (TPSA) is 59.4 Å². The first-order valence-corrected chi connectivity index (χ1v) is 7.25. The largest absolute Gasteiger partial charge is 0.343 e. The van der Waals surface area contributed by atoms with E-state index < -0.39 is 0 Å². The number of H-pyrrole nitrogens is 1. The minimum absolute atomic E-state index is 0.598. The van der Waals surface area contributed by atoms with Gasteiger partial charge in [0.05, 0.1) is 0 Å². The Labute approximate surface area is 131 Å². The average Bonchev–Trinajstić information content (AvgIpc) is 3.19. The number of rotatable bonds is 3. The summed E-state index contributed by atoms with van der Waals surface area (Å²) in [5.74, 6) is 0.598. The van der Waals surface area contributed by atoms with E-state index in [0.29, 0.717) is 5.82 Å². The normalized spacial score (nSPS) is 11.1. The van der Waals surface area contributed by atoms with Crippen molar-refractivity contribution in [2.24, 2.45) is 0 Å². The number of tetrazole rings is 1. The molecule has 0 amide bonds. The van der Waals surface area contributed by atoms with Gasteiger partial charge in [-0.15, -0.1) is 10.2 Å². The van der Waals surface area contributed by atoms with Crippen LogP contribution in [0.1, 0.15) is 5.56 Å². The first-order valence-electron chi connectivity index (χ1n) is 6.87. The molecule has 2 aromatic carbocycles. The highest BCUT2D eigenvalue weighted by Gasteiger charge is 2.08. The predicted molar refractivity (Wildman–Crippen MR) is 85.7 cm³/mol. The highest BCUT2D eigenvalue weighted by Crippen LogP contribution is 2.24. The standard InChI is InChI=1S/C16H12ClN5/c17-14-4-2-1-3-13(14)10-22-8-7-11-9-12(5-6-15(11)22)16-18-20-21-19-16/h1-9H,10H2,(H,18,19,20,21). The minimum atomic E-state index is 0.598. The van der Waals surface area contributed by atoms with Crippen molar-refractivity contribution < 1.29 is 0 Å². The molecule has 0 unspecified atom stereocenters. The Morgan fingerprint density at radius 1 is 1.09 bits per heavy atom. The van der Waals surface area contributed by atoms with E-state index in [4.69, 9.17) is 11.6 Å². The van der Waals surface area contributed by atoms with Crippen LogP contribution in [-0.2, 0) is 6.54 Å². The van der Waals surface area contributed by atoms with Crippen molar-refractivity contribution in [3.05, 3.63) is 65.3 Å². The third-order valence-electron chi connectivity index (χ3n) is 3.67. The summed E-state index contributed by atoms with van der Waals surface area (Å²) < 4.78 is 2.18. The maximum Gasteiger partial charge on any atom is 0.204 e. The lowest BCUT2D eigenvalue weighted by molar-refractivity contribution is 0.837. The Morgan fingerprint density at radius 3 is 2.82 bits per heavy atom. The van der Waals surface area contributed by atoms with Crippen LogP contribution in [0.5, 0.6) is 0 Å². The van der Waals surface area contributed by atoms with Crippen LogP contribution in [0.25, 0.3) is 22.3 Å². The molecule has 5 nitrogen and oxygen atoms in total. The molecule has 0 fully saturated rings. The summed E-state index contributed by atoms with van der Waals surface area (Å²) in [6, 6.07) is 16.1. The lowest BCUT2D eigenvalue weighted by Gasteiger charge is -2.07. The van der Waals surface area contributed by atoms with E-state index in [0.717, 1.165) is 33.6 Å². The molecule has 0 aliphatic heterocycles. The van der Waals surface area contributed by atoms with Gasteiger partial charge in [-0.25, -0.2) is 0 Å². The van der Waals surface area contributed by atoms with Crippen LogP contribution in [0.3, 0.4) is 0 Å². The van der Waals surface area contributed by atoms with Crippen LogP contribution in [0.2, 0.25) is 5.02 Å². The van der Waals surface area contributed by atoms with Crippen molar-refractivity contribution in [1.82, 2.24) is 25.2 Å². The lowest BCUT2D eigenvalue weighted by atomic mass is 10.1. The molecule has 0 aliphatic carbocycles. The van der Waals surface area contributed by atoms with Crippen LogP contribution in [0.15, 0.2) is 54.7 Å². The van der Waals surface area contributed by atoms with E-state index in [1.54, 1.807) is 0 Å². The third kappa shape index (κ3) is 2.25. The zero-order valence-corrected chi connectivity index (χ0v) is 12.3. The molecule has 4 aromatic rings. The second-order valence-corrected chi connectivity index (χ2v) is 5.45. The fraction of sp³-hybridized carbons (Fsp3) is 0.0625. The van der Waals surface area contributed by atoms with E-state index in [2.05, 4.69) is 49.6 Å². The Hall–Kier alpha value is -2.66. The molecule has 0 aliphatic rings. The smallest absolute Gasteiger partial charge is 0.204 e. The molecule has 2 heterocycles. The summed E-state index contributed by atoms with van der Waals surface area (Å²) in [5.41, 5.74) is 3.19. The first-order chi connectivity index (χ1) is 10.8. The zero-order valence-electron chi connectivity index (χ0n) is 11.6. The fourth-order valence-electron chi connectivity index (χ4n) is 2.57. The number of hydrogen-bond acceptors (Lipinski definition) is 3. The Balaban J connectivity index is 1.73. The number of fused-ring (bicyclic) bond motifs is 1. The molecule has 0 radical (unpaired) electrons. The predicted octanol–water partition coefficient (Wildman–Crippen LogP) is 3.52. The molecule has 0 atom stereocenters. The summed E-state index contributed by atoms with van der Waals surface area (Å²) in [5, 5.41) is 16.0. The second-order valence-electron chi connectivity index (χ2n) is 5.04. The summed E-state index contributed by atoms with van der Waals surface area (Å²) >= 11 is 6.24. The van der Waals surface area contributed by atoms with Gasteiger partial charge in [0.1, 0.15) is 0 Å². The number of hydrogen-bond donors (Lipinski definition) is 1. The van der Waals surface area contributed by atoms with Crippen molar-refractivity contribution in [2.75, 3.05) is 0 Å². The summed E-state index contributed by atoms with van der Waals surface area (Å²) in [6.07, 6.45) is 2.06. The number of aromatic amines is 1. The van der Waals surface area contributed by atoms with Crippen LogP contribution >= 0.6 is 11.6 Å². The quantitative estimate of drug-likeness (QED) is 0.630. The summed E-state index contributed by atoms with van der Waals surface area (Å²) in [4.78, 5) is 0. The number of aromatic nitrogens is 5. The van der Waals surface area contributed by atoms with Gasteiger partial charge < -0.3 is 4.57 Å². The number of nitrogens with zero attached hydrogens (tertiary/aromatic N) is 4. The van der Waals surface area contributed by atoms with E-state index in [9.17, 15) is 0 Å². The third-order valence-corrected chi connectivity index (χ3v) is 4.04. The van der Waals surface area contributed by atoms with Crippen molar-refractivity contribution in [2.45, 2.75) is 6.54 Å². The molecular weight excluding hydrogens is 298 g/mol. The van der Waals surface area contributed by atoms with Gasteiger partial charge in [0, 0.05) is 34.2 Å². The zero-order chi connectivity index (χ0) is 14.9. The molecule has 108 valence electrons. The van der Waals surface area contributed by atoms with Gasteiger partial charge in [-0.2, -0.15) is 5.21 Å². The average molecular weight is 310 g/mol. The highest BCUT2D eigenvalue weighted by molar-refractivity contribution is 6.31. The van der Waals surface area contributed by atoms with Gasteiger partial charge in [-0.05, 0) is 41.1 Å². The van der Waals surface area contributed by atoms with Crippen LogP contribution in [-0.4, -0.2) is 25.2 Å². The molecule has 1 N–H and O–H groups in total. The van der Waals surface area contributed by atoms with Crippen LogP contribution in [0.4, 0.5) is 0 Å². The SMILES string of the molecule is Clc1ccccc1Cn1ccc2cc(-c3nn[nH]n3)ccc21. The Kier molecular flexibility index (Phi) is 3.12. The number of benzene rings is 2. The molecular formula is C16H12ClN5.